The summed E-state index contributed by atoms with van der Waals surface area (Å²) in [5, 5.41) is 9.06. The molecule has 0 saturated carbocycles. The highest BCUT2D eigenvalue weighted by Gasteiger charge is 2.09. The zero-order chi connectivity index (χ0) is 12.3. The number of nitrogens with one attached hydrogen (secondary N) is 1. The summed E-state index contributed by atoms with van der Waals surface area (Å²) in [6.07, 6.45) is 2.56. The van der Waals surface area contributed by atoms with Gasteiger partial charge in [0, 0.05) is 29.4 Å². The summed E-state index contributed by atoms with van der Waals surface area (Å²) in [5.74, 6) is 1.56. The topological polar surface area (TPSA) is 50.7 Å². The number of rotatable bonds is 5. The van der Waals surface area contributed by atoms with Crippen LogP contribution < -0.4 is 0 Å². The Balaban J connectivity index is 2.19. The van der Waals surface area contributed by atoms with Crippen molar-refractivity contribution in [2.45, 2.75) is 13.0 Å². The molecule has 4 nitrogen and oxygen atoms in total. The number of hydrogen-bond acceptors (Lipinski definition) is 4. The molecule has 1 atom stereocenters. The van der Waals surface area contributed by atoms with Crippen LogP contribution in [0.25, 0.3) is 10.7 Å². The highest BCUT2D eigenvalue weighted by molar-refractivity contribution is 7.84. The van der Waals surface area contributed by atoms with Gasteiger partial charge in [-0.2, -0.15) is 5.10 Å². The average Bonchev–Trinajstić information content (AvgIpc) is 2.88. The fraction of sp³-hybridized carbons (Fsp3) is 0.400. The van der Waals surface area contributed by atoms with Crippen LogP contribution in [0.1, 0.15) is 6.42 Å². The summed E-state index contributed by atoms with van der Waals surface area (Å²) in [6.45, 7) is 0.752. The van der Waals surface area contributed by atoms with Crippen LogP contribution in [-0.4, -0.2) is 31.0 Å². The molecule has 0 aromatic carbocycles. The van der Waals surface area contributed by atoms with Crippen molar-refractivity contribution in [3.05, 3.63) is 22.3 Å². The molecule has 0 radical (unpaired) electrons. The summed E-state index contributed by atoms with van der Waals surface area (Å²) in [5.41, 5.74) is 0. The fourth-order valence-electron chi connectivity index (χ4n) is 1.54. The lowest BCUT2D eigenvalue weighted by atomic mass is 10.4. The lowest BCUT2D eigenvalue weighted by Crippen LogP contribution is -2.04. The molecule has 2 heterocycles. The van der Waals surface area contributed by atoms with Crippen LogP contribution in [0.5, 0.6) is 0 Å². The normalized spacial score (nSPS) is 12.8. The van der Waals surface area contributed by atoms with Gasteiger partial charge in [0.25, 0.3) is 0 Å². The van der Waals surface area contributed by atoms with E-state index in [1.165, 1.54) is 0 Å². The highest BCUT2D eigenvalue weighted by atomic mass is 32.2. The molecule has 0 spiro atoms. The molecule has 1 unspecified atom stereocenters. The van der Waals surface area contributed by atoms with E-state index in [4.69, 9.17) is 12.2 Å². The average molecular weight is 287 g/mol. The van der Waals surface area contributed by atoms with E-state index >= 15 is 0 Å². The molecule has 0 bridgehead atoms. The first kappa shape index (κ1) is 12.7. The Labute approximate surface area is 111 Å². The van der Waals surface area contributed by atoms with Crippen molar-refractivity contribution >= 4 is 34.4 Å². The molecule has 0 aliphatic carbocycles. The molecule has 0 amide bonds. The summed E-state index contributed by atoms with van der Waals surface area (Å²) in [6, 6.07) is 4.01. The van der Waals surface area contributed by atoms with E-state index < -0.39 is 10.8 Å². The van der Waals surface area contributed by atoms with Crippen molar-refractivity contribution in [1.29, 1.82) is 0 Å². The van der Waals surface area contributed by atoms with Gasteiger partial charge in [0.1, 0.15) is 0 Å². The summed E-state index contributed by atoms with van der Waals surface area (Å²) < 4.78 is 13.6. The maximum atomic E-state index is 11.0. The second-order valence-electron chi connectivity index (χ2n) is 3.61. The van der Waals surface area contributed by atoms with Crippen molar-refractivity contribution in [2.75, 3.05) is 12.0 Å². The van der Waals surface area contributed by atoms with Crippen molar-refractivity contribution in [2.24, 2.45) is 0 Å². The van der Waals surface area contributed by atoms with Crippen LogP contribution in [0.4, 0.5) is 0 Å². The minimum Gasteiger partial charge on any atom is -0.299 e. The fourth-order valence-corrected chi connectivity index (χ4v) is 3.03. The number of thiophene rings is 1. The number of H-pyrrole nitrogens is 1. The Kier molecular flexibility index (Phi) is 4.25. The minimum atomic E-state index is -0.752. The number of aromatic amines is 1. The summed E-state index contributed by atoms with van der Waals surface area (Å²) in [4.78, 5) is 1.09. The monoisotopic (exact) mass is 287 g/mol. The quantitative estimate of drug-likeness (QED) is 0.859. The van der Waals surface area contributed by atoms with Crippen LogP contribution in [0, 0.1) is 4.77 Å². The number of hydrogen-bond donors (Lipinski definition) is 1. The molecule has 92 valence electrons. The Morgan fingerprint density at radius 1 is 1.65 bits per heavy atom. The van der Waals surface area contributed by atoms with Gasteiger partial charge in [0.15, 0.2) is 10.6 Å². The Hall–Kier alpha value is -0.790. The van der Waals surface area contributed by atoms with Gasteiger partial charge in [-0.3, -0.25) is 13.9 Å². The van der Waals surface area contributed by atoms with Crippen LogP contribution in [0.15, 0.2) is 17.5 Å². The predicted octanol–water partition coefficient (Wildman–Crippen LogP) is 2.44. The molecule has 0 fully saturated rings. The molecule has 0 aliphatic heterocycles. The van der Waals surface area contributed by atoms with Gasteiger partial charge in [0.05, 0.1) is 4.88 Å². The van der Waals surface area contributed by atoms with E-state index in [0.29, 0.717) is 10.5 Å². The lowest BCUT2D eigenvalue weighted by molar-refractivity contribution is 0.659. The van der Waals surface area contributed by atoms with Crippen LogP contribution in [-0.2, 0) is 17.3 Å². The summed E-state index contributed by atoms with van der Waals surface area (Å²) >= 11 is 6.83. The maximum Gasteiger partial charge on any atom is 0.195 e. The van der Waals surface area contributed by atoms with Gasteiger partial charge in [-0.05, 0) is 30.1 Å². The van der Waals surface area contributed by atoms with Crippen molar-refractivity contribution < 1.29 is 4.21 Å². The smallest absolute Gasteiger partial charge is 0.195 e. The van der Waals surface area contributed by atoms with Crippen LogP contribution in [0.2, 0.25) is 0 Å². The van der Waals surface area contributed by atoms with E-state index in [2.05, 4.69) is 10.2 Å². The SMILES string of the molecule is CS(=O)CCCn1c(-c2cccs2)n[nH]c1=S. The van der Waals surface area contributed by atoms with Crippen LogP contribution >= 0.6 is 23.6 Å². The van der Waals surface area contributed by atoms with E-state index in [1.54, 1.807) is 17.6 Å². The first-order valence-electron chi connectivity index (χ1n) is 5.17. The molecule has 2 aromatic rings. The van der Waals surface area contributed by atoms with E-state index in [-0.39, 0.29) is 0 Å². The van der Waals surface area contributed by atoms with E-state index in [1.807, 2.05) is 22.1 Å². The van der Waals surface area contributed by atoms with Crippen molar-refractivity contribution in [3.8, 4) is 10.7 Å². The first-order chi connectivity index (χ1) is 8.18. The molecule has 0 saturated heterocycles. The molecular weight excluding hydrogens is 274 g/mol. The number of nitrogens with zero attached hydrogens (tertiary/aromatic N) is 2. The third-order valence-corrected chi connectivity index (χ3v) is 4.35. The molecule has 17 heavy (non-hydrogen) atoms. The molecule has 2 aromatic heterocycles. The first-order valence-corrected chi connectivity index (χ1v) is 8.19. The van der Waals surface area contributed by atoms with Crippen LogP contribution in [0.3, 0.4) is 0 Å². The van der Waals surface area contributed by atoms with Gasteiger partial charge in [0.2, 0.25) is 0 Å². The second-order valence-corrected chi connectivity index (χ2v) is 6.50. The molecule has 7 heteroatoms. The Morgan fingerprint density at radius 3 is 3.12 bits per heavy atom. The highest BCUT2D eigenvalue weighted by Crippen LogP contribution is 2.22. The molecule has 1 N–H and O–H groups in total. The minimum absolute atomic E-state index is 0.621. The summed E-state index contributed by atoms with van der Waals surface area (Å²) in [7, 11) is -0.752. The molecule has 2 rings (SSSR count). The maximum absolute atomic E-state index is 11.0. The van der Waals surface area contributed by atoms with Crippen molar-refractivity contribution in [1.82, 2.24) is 14.8 Å². The van der Waals surface area contributed by atoms with Crippen molar-refractivity contribution in [3.63, 3.8) is 0 Å². The Morgan fingerprint density at radius 2 is 2.47 bits per heavy atom. The zero-order valence-electron chi connectivity index (χ0n) is 9.38. The van der Waals surface area contributed by atoms with Gasteiger partial charge < -0.3 is 0 Å². The van der Waals surface area contributed by atoms with Gasteiger partial charge in [-0.25, -0.2) is 0 Å². The second kappa shape index (κ2) is 5.70. The molecule has 0 aliphatic rings. The Bertz CT molecular complexity index is 556. The van der Waals surface area contributed by atoms with Gasteiger partial charge in [-0.1, -0.05) is 6.07 Å². The van der Waals surface area contributed by atoms with E-state index in [9.17, 15) is 4.21 Å². The number of aromatic nitrogens is 3. The van der Waals surface area contributed by atoms with Gasteiger partial charge in [-0.15, -0.1) is 11.3 Å². The lowest BCUT2D eigenvalue weighted by Gasteiger charge is -2.04. The standard InChI is InChI=1S/C10H13N3OS3/c1-17(14)7-3-5-13-9(11-12-10(13)15)8-4-2-6-16-8/h2,4,6H,3,5,7H2,1H3,(H,12,15). The third kappa shape index (κ3) is 3.11. The zero-order valence-corrected chi connectivity index (χ0v) is 11.8. The third-order valence-electron chi connectivity index (χ3n) is 2.31. The van der Waals surface area contributed by atoms with Gasteiger partial charge >= 0.3 is 0 Å². The largest absolute Gasteiger partial charge is 0.299 e. The van der Waals surface area contributed by atoms with E-state index in [0.717, 1.165) is 23.7 Å². The molecular formula is C10H13N3OS3. The predicted molar refractivity (Wildman–Crippen MR) is 74.3 cm³/mol.